The monoisotopic (exact) mass is 317 g/mol. The summed E-state index contributed by atoms with van der Waals surface area (Å²) >= 11 is 3.09. The Balaban J connectivity index is 3.00. The Hall–Kier alpha value is -1.43. The Morgan fingerprint density at radius 3 is 2.50 bits per heavy atom. The molecule has 0 aliphatic heterocycles. The number of hydrogen-bond acceptors (Lipinski definition) is 3. The van der Waals surface area contributed by atoms with Crippen LogP contribution in [0.3, 0.4) is 0 Å². The molecule has 4 nitrogen and oxygen atoms in total. The molecule has 0 aromatic heterocycles. The highest BCUT2D eigenvalue weighted by Gasteiger charge is 2.32. The second-order valence-electron chi connectivity index (χ2n) is 4.17. The summed E-state index contributed by atoms with van der Waals surface area (Å²) in [6.07, 6.45) is 0. The first kappa shape index (κ1) is 14.6. The average Bonchev–Trinajstić information content (AvgIpc) is 2.26. The van der Waals surface area contributed by atoms with Crippen LogP contribution in [0.5, 0.6) is 0 Å². The number of hydrogen-bond donors (Lipinski definition) is 1. The number of methoxy groups -OCH3 is 1. The summed E-state index contributed by atoms with van der Waals surface area (Å²) in [5, 5.41) is 2.42. The summed E-state index contributed by atoms with van der Waals surface area (Å²) < 4.78 is 18.4. The highest BCUT2D eigenvalue weighted by molar-refractivity contribution is 9.10. The fourth-order valence-corrected chi connectivity index (χ4v) is 1.89. The molecule has 6 heteroatoms. The summed E-state index contributed by atoms with van der Waals surface area (Å²) in [6.45, 7) is 2.96. The van der Waals surface area contributed by atoms with Crippen molar-refractivity contribution in [1.29, 1.82) is 0 Å². The maximum absolute atomic E-state index is 13.6. The third kappa shape index (κ3) is 3.07. The standard InChI is InChI=1S/C12H13BrFNO3/c1-12(2,11(17)18-3)15-10(16)9-7(13)5-4-6-8(9)14/h4-6H,1-3H3,(H,15,16). The van der Waals surface area contributed by atoms with Gasteiger partial charge in [-0.15, -0.1) is 0 Å². The zero-order chi connectivity index (χ0) is 13.9. The van der Waals surface area contributed by atoms with Crippen LogP contribution in [0.15, 0.2) is 22.7 Å². The van der Waals surface area contributed by atoms with E-state index < -0.39 is 23.2 Å². The van der Waals surface area contributed by atoms with Gasteiger partial charge in [0.1, 0.15) is 11.4 Å². The van der Waals surface area contributed by atoms with Gasteiger partial charge in [0.15, 0.2) is 0 Å². The van der Waals surface area contributed by atoms with Crippen molar-refractivity contribution in [3.8, 4) is 0 Å². The number of halogens is 2. The molecule has 1 aromatic rings. The van der Waals surface area contributed by atoms with E-state index in [9.17, 15) is 14.0 Å². The molecule has 1 rings (SSSR count). The Kier molecular flexibility index (Phi) is 4.45. The van der Waals surface area contributed by atoms with Gasteiger partial charge >= 0.3 is 5.97 Å². The summed E-state index contributed by atoms with van der Waals surface area (Å²) in [7, 11) is 1.22. The molecule has 18 heavy (non-hydrogen) atoms. The van der Waals surface area contributed by atoms with E-state index in [1.807, 2.05) is 0 Å². The quantitative estimate of drug-likeness (QED) is 0.870. The zero-order valence-electron chi connectivity index (χ0n) is 10.2. The third-order valence-electron chi connectivity index (χ3n) is 2.31. The van der Waals surface area contributed by atoms with Crippen LogP contribution in [0.1, 0.15) is 24.2 Å². The SMILES string of the molecule is COC(=O)C(C)(C)NC(=O)c1c(F)cccc1Br. The van der Waals surface area contributed by atoms with Crippen molar-refractivity contribution >= 4 is 27.8 Å². The highest BCUT2D eigenvalue weighted by Crippen LogP contribution is 2.20. The molecule has 0 saturated carbocycles. The van der Waals surface area contributed by atoms with Gasteiger partial charge < -0.3 is 10.1 Å². The number of esters is 1. The average molecular weight is 318 g/mol. The van der Waals surface area contributed by atoms with Crippen molar-refractivity contribution in [2.24, 2.45) is 0 Å². The van der Waals surface area contributed by atoms with Crippen LogP contribution in [0.25, 0.3) is 0 Å². The maximum Gasteiger partial charge on any atom is 0.330 e. The number of ether oxygens (including phenoxy) is 1. The number of benzene rings is 1. The van der Waals surface area contributed by atoms with Gasteiger partial charge in [-0.3, -0.25) is 4.79 Å². The van der Waals surface area contributed by atoms with Gasteiger partial charge in [-0.1, -0.05) is 6.07 Å². The van der Waals surface area contributed by atoms with Gasteiger partial charge in [0.05, 0.1) is 12.7 Å². The lowest BCUT2D eigenvalue weighted by Crippen LogP contribution is -2.50. The van der Waals surface area contributed by atoms with Gasteiger partial charge in [0.25, 0.3) is 5.91 Å². The van der Waals surface area contributed by atoms with Crippen LogP contribution in [0, 0.1) is 5.82 Å². The van der Waals surface area contributed by atoms with Crippen LogP contribution in [0.4, 0.5) is 4.39 Å². The molecular formula is C12H13BrFNO3. The predicted octanol–water partition coefficient (Wildman–Crippen LogP) is 2.27. The smallest absolute Gasteiger partial charge is 0.330 e. The largest absolute Gasteiger partial charge is 0.467 e. The summed E-state index contributed by atoms with van der Waals surface area (Å²) in [6, 6.07) is 4.19. The first-order chi connectivity index (χ1) is 8.29. The number of nitrogens with one attached hydrogen (secondary N) is 1. The van der Waals surface area contributed by atoms with E-state index in [0.717, 1.165) is 0 Å². The van der Waals surface area contributed by atoms with Crippen molar-refractivity contribution in [1.82, 2.24) is 5.32 Å². The fourth-order valence-electron chi connectivity index (χ4n) is 1.37. The van der Waals surface area contributed by atoms with E-state index >= 15 is 0 Å². The van der Waals surface area contributed by atoms with Gasteiger partial charge in [0.2, 0.25) is 0 Å². The Bertz CT molecular complexity index is 468. The molecule has 0 radical (unpaired) electrons. The molecule has 1 N–H and O–H groups in total. The molecular weight excluding hydrogens is 305 g/mol. The normalized spacial score (nSPS) is 10.9. The lowest BCUT2D eigenvalue weighted by molar-refractivity contribution is -0.146. The van der Waals surface area contributed by atoms with E-state index in [0.29, 0.717) is 4.47 Å². The molecule has 0 atom stereocenters. The topological polar surface area (TPSA) is 55.4 Å². The van der Waals surface area contributed by atoms with Gasteiger partial charge in [-0.25, -0.2) is 9.18 Å². The van der Waals surface area contributed by atoms with Crippen molar-refractivity contribution in [2.75, 3.05) is 7.11 Å². The predicted molar refractivity (Wildman–Crippen MR) is 67.7 cm³/mol. The fraction of sp³-hybridized carbons (Fsp3) is 0.333. The molecule has 0 heterocycles. The van der Waals surface area contributed by atoms with Crippen LogP contribution < -0.4 is 5.32 Å². The molecule has 0 fully saturated rings. The molecule has 0 spiro atoms. The molecule has 0 unspecified atom stereocenters. The van der Waals surface area contributed by atoms with E-state index in [1.165, 1.54) is 33.1 Å². The minimum Gasteiger partial charge on any atom is -0.467 e. The maximum atomic E-state index is 13.6. The Labute approximate surface area is 113 Å². The molecule has 0 saturated heterocycles. The van der Waals surface area contributed by atoms with E-state index in [2.05, 4.69) is 26.0 Å². The van der Waals surface area contributed by atoms with Gasteiger partial charge in [-0.05, 0) is 41.9 Å². The van der Waals surface area contributed by atoms with E-state index in [4.69, 9.17) is 0 Å². The number of amides is 1. The molecule has 1 aromatic carbocycles. The first-order valence-electron chi connectivity index (χ1n) is 5.14. The lowest BCUT2D eigenvalue weighted by Gasteiger charge is -2.23. The highest BCUT2D eigenvalue weighted by atomic mass is 79.9. The van der Waals surface area contributed by atoms with Crippen molar-refractivity contribution < 1.29 is 18.7 Å². The van der Waals surface area contributed by atoms with Crippen LogP contribution in [-0.2, 0) is 9.53 Å². The minimum atomic E-state index is -1.23. The number of carbonyl (C=O) groups is 2. The van der Waals surface area contributed by atoms with Gasteiger partial charge in [-0.2, -0.15) is 0 Å². The summed E-state index contributed by atoms with van der Waals surface area (Å²) in [5.74, 6) is -1.96. The van der Waals surface area contributed by atoms with E-state index in [1.54, 1.807) is 6.07 Å². The number of rotatable bonds is 3. The lowest BCUT2D eigenvalue weighted by atomic mass is 10.0. The van der Waals surface area contributed by atoms with Crippen molar-refractivity contribution in [2.45, 2.75) is 19.4 Å². The Morgan fingerprint density at radius 1 is 1.39 bits per heavy atom. The zero-order valence-corrected chi connectivity index (χ0v) is 11.8. The van der Waals surface area contributed by atoms with Crippen molar-refractivity contribution in [3.05, 3.63) is 34.1 Å². The van der Waals surface area contributed by atoms with Crippen LogP contribution in [0.2, 0.25) is 0 Å². The van der Waals surface area contributed by atoms with Gasteiger partial charge in [0, 0.05) is 4.47 Å². The van der Waals surface area contributed by atoms with E-state index in [-0.39, 0.29) is 5.56 Å². The second kappa shape index (κ2) is 5.48. The second-order valence-corrected chi connectivity index (χ2v) is 5.02. The molecule has 0 aliphatic carbocycles. The Morgan fingerprint density at radius 2 is 2.00 bits per heavy atom. The minimum absolute atomic E-state index is 0.144. The molecule has 1 amide bonds. The number of carbonyl (C=O) groups excluding carboxylic acids is 2. The molecule has 98 valence electrons. The summed E-state index contributed by atoms with van der Waals surface area (Å²) in [5.41, 5.74) is -1.37. The van der Waals surface area contributed by atoms with Crippen LogP contribution in [-0.4, -0.2) is 24.5 Å². The molecule has 0 bridgehead atoms. The van der Waals surface area contributed by atoms with Crippen molar-refractivity contribution in [3.63, 3.8) is 0 Å². The first-order valence-corrected chi connectivity index (χ1v) is 5.94. The third-order valence-corrected chi connectivity index (χ3v) is 2.97. The van der Waals surface area contributed by atoms with Crippen LogP contribution >= 0.6 is 15.9 Å². The molecule has 0 aliphatic rings. The summed E-state index contributed by atoms with van der Waals surface area (Å²) in [4.78, 5) is 23.4.